The number of aliphatic hydroxyl groups excluding tert-OH is 1. The van der Waals surface area contributed by atoms with Crippen LogP contribution in [-0.2, 0) is 0 Å². The molecular weight excluding hydrogens is 246 g/mol. The molecule has 1 atom stereocenters. The van der Waals surface area contributed by atoms with E-state index in [1.165, 1.54) is 0 Å². The summed E-state index contributed by atoms with van der Waals surface area (Å²) >= 11 is 1.61. The molecule has 0 fully saturated rings. The van der Waals surface area contributed by atoms with E-state index in [1.54, 1.807) is 30.9 Å². The zero-order valence-electron chi connectivity index (χ0n) is 10.3. The van der Waals surface area contributed by atoms with Gasteiger partial charge in [0.25, 0.3) is 0 Å². The Kier molecular flexibility index (Phi) is 4.23. The second-order valence-corrected chi connectivity index (χ2v) is 4.67. The van der Waals surface area contributed by atoms with Crippen LogP contribution in [0.15, 0.2) is 47.5 Å². The van der Waals surface area contributed by atoms with Crippen molar-refractivity contribution in [3.8, 4) is 11.6 Å². The molecule has 0 aliphatic carbocycles. The Hall–Kier alpha value is -1.52. The largest absolute Gasteiger partial charge is 0.437 e. The van der Waals surface area contributed by atoms with Crippen molar-refractivity contribution in [2.24, 2.45) is 0 Å². The monoisotopic (exact) mass is 261 g/mol. The molecule has 1 N–H and O–H groups in total. The summed E-state index contributed by atoms with van der Waals surface area (Å²) in [6.07, 6.45) is 3.05. The van der Waals surface area contributed by atoms with E-state index in [-0.39, 0.29) is 0 Å². The van der Waals surface area contributed by atoms with Crippen LogP contribution in [0.2, 0.25) is 0 Å². The normalized spacial score (nSPS) is 12.2. The second kappa shape index (κ2) is 5.89. The predicted octanol–water partition coefficient (Wildman–Crippen LogP) is 3.65. The summed E-state index contributed by atoms with van der Waals surface area (Å²) < 4.78 is 5.80. The van der Waals surface area contributed by atoms with Crippen LogP contribution in [0.4, 0.5) is 0 Å². The molecule has 94 valence electrons. The molecule has 4 heteroatoms. The molecule has 2 rings (SSSR count). The fraction of sp³-hybridized carbons (Fsp3) is 0.214. The van der Waals surface area contributed by atoms with Crippen molar-refractivity contribution in [2.45, 2.75) is 17.9 Å². The number of ether oxygens (including phenoxy) is 1. The molecule has 1 unspecified atom stereocenters. The van der Waals surface area contributed by atoms with Crippen LogP contribution >= 0.6 is 11.8 Å². The summed E-state index contributed by atoms with van der Waals surface area (Å²) in [6.45, 7) is 1.70. The molecule has 1 aromatic carbocycles. The number of hydrogen-bond donors (Lipinski definition) is 1. The summed E-state index contributed by atoms with van der Waals surface area (Å²) in [6, 6.07) is 11.4. The average Bonchev–Trinajstić information content (AvgIpc) is 2.40. The number of aliphatic hydroxyl groups is 1. The van der Waals surface area contributed by atoms with Gasteiger partial charge in [-0.15, -0.1) is 11.8 Å². The third kappa shape index (κ3) is 2.83. The Balaban J connectivity index is 2.34. The zero-order chi connectivity index (χ0) is 13.0. The van der Waals surface area contributed by atoms with Crippen LogP contribution in [0.5, 0.6) is 11.6 Å². The molecular formula is C14H15NO2S. The maximum absolute atomic E-state index is 9.68. The van der Waals surface area contributed by atoms with E-state index < -0.39 is 6.10 Å². The van der Waals surface area contributed by atoms with E-state index >= 15 is 0 Å². The average molecular weight is 261 g/mol. The fourth-order valence-corrected chi connectivity index (χ4v) is 2.14. The van der Waals surface area contributed by atoms with Gasteiger partial charge in [-0.3, -0.25) is 0 Å². The molecule has 0 spiro atoms. The lowest BCUT2D eigenvalue weighted by Gasteiger charge is -2.13. The molecule has 0 saturated carbocycles. The smallest absolute Gasteiger partial charge is 0.225 e. The molecule has 0 aliphatic rings. The van der Waals surface area contributed by atoms with Crippen molar-refractivity contribution < 1.29 is 9.84 Å². The Bertz CT molecular complexity index is 529. The molecule has 0 radical (unpaired) electrons. The first-order valence-electron chi connectivity index (χ1n) is 5.66. The number of rotatable bonds is 4. The molecule has 3 nitrogen and oxygen atoms in total. The third-order valence-electron chi connectivity index (χ3n) is 2.53. The highest BCUT2D eigenvalue weighted by Crippen LogP contribution is 2.33. The SMILES string of the molecule is CSc1ccccc1Oc1ncccc1C(C)O. The minimum absolute atomic E-state index is 0.453. The van der Waals surface area contributed by atoms with Gasteiger partial charge < -0.3 is 9.84 Å². The molecule has 1 heterocycles. The minimum atomic E-state index is -0.602. The molecule has 0 aliphatic heterocycles. The van der Waals surface area contributed by atoms with Gasteiger partial charge in [0, 0.05) is 16.7 Å². The van der Waals surface area contributed by atoms with Crippen LogP contribution in [0, 0.1) is 0 Å². The number of benzene rings is 1. The summed E-state index contributed by atoms with van der Waals surface area (Å²) in [4.78, 5) is 5.22. The van der Waals surface area contributed by atoms with Gasteiger partial charge in [0.05, 0.1) is 6.10 Å². The van der Waals surface area contributed by atoms with Crippen LogP contribution in [0.1, 0.15) is 18.6 Å². The Morgan fingerprint density at radius 1 is 1.22 bits per heavy atom. The van der Waals surface area contributed by atoms with Gasteiger partial charge in [0.2, 0.25) is 5.88 Å². The Morgan fingerprint density at radius 2 is 2.00 bits per heavy atom. The lowest BCUT2D eigenvalue weighted by Crippen LogP contribution is -1.98. The number of para-hydroxylation sites is 1. The highest BCUT2D eigenvalue weighted by atomic mass is 32.2. The van der Waals surface area contributed by atoms with E-state index in [2.05, 4.69) is 4.98 Å². The third-order valence-corrected chi connectivity index (χ3v) is 3.30. The number of hydrogen-bond acceptors (Lipinski definition) is 4. The number of pyridine rings is 1. The highest BCUT2D eigenvalue weighted by Gasteiger charge is 2.12. The fourth-order valence-electron chi connectivity index (χ4n) is 1.61. The van der Waals surface area contributed by atoms with Gasteiger partial charge in [0.1, 0.15) is 5.75 Å². The second-order valence-electron chi connectivity index (χ2n) is 3.83. The summed E-state index contributed by atoms with van der Waals surface area (Å²) in [5, 5.41) is 9.68. The van der Waals surface area contributed by atoms with Gasteiger partial charge in [-0.1, -0.05) is 12.1 Å². The summed E-state index contributed by atoms with van der Waals surface area (Å²) in [5.74, 6) is 1.21. The first-order chi connectivity index (χ1) is 8.72. The summed E-state index contributed by atoms with van der Waals surface area (Å²) in [7, 11) is 0. The molecule has 18 heavy (non-hydrogen) atoms. The van der Waals surface area contributed by atoms with E-state index in [0.717, 1.165) is 10.6 Å². The predicted molar refractivity (Wildman–Crippen MR) is 73.2 cm³/mol. The van der Waals surface area contributed by atoms with E-state index in [0.29, 0.717) is 11.4 Å². The topological polar surface area (TPSA) is 42.4 Å². The van der Waals surface area contributed by atoms with Crippen LogP contribution in [0.3, 0.4) is 0 Å². The molecule has 0 amide bonds. The quantitative estimate of drug-likeness (QED) is 0.853. The minimum Gasteiger partial charge on any atom is -0.437 e. The molecule has 0 saturated heterocycles. The van der Waals surface area contributed by atoms with Crippen molar-refractivity contribution in [3.05, 3.63) is 48.2 Å². The lowest BCUT2D eigenvalue weighted by atomic mass is 10.2. The van der Waals surface area contributed by atoms with Crippen LogP contribution < -0.4 is 4.74 Å². The van der Waals surface area contributed by atoms with Crippen molar-refractivity contribution >= 4 is 11.8 Å². The maximum atomic E-state index is 9.68. The maximum Gasteiger partial charge on any atom is 0.225 e. The van der Waals surface area contributed by atoms with Crippen molar-refractivity contribution in [1.29, 1.82) is 0 Å². The molecule has 2 aromatic rings. The van der Waals surface area contributed by atoms with Crippen LogP contribution in [-0.4, -0.2) is 16.3 Å². The first-order valence-corrected chi connectivity index (χ1v) is 6.88. The number of thioether (sulfide) groups is 1. The number of nitrogens with zero attached hydrogens (tertiary/aromatic N) is 1. The van der Waals surface area contributed by atoms with Crippen molar-refractivity contribution in [2.75, 3.05) is 6.26 Å². The van der Waals surface area contributed by atoms with Crippen molar-refractivity contribution in [1.82, 2.24) is 4.98 Å². The lowest BCUT2D eigenvalue weighted by molar-refractivity contribution is 0.194. The highest BCUT2D eigenvalue weighted by molar-refractivity contribution is 7.98. The van der Waals surface area contributed by atoms with E-state index in [1.807, 2.05) is 36.6 Å². The summed E-state index contributed by atoms with van der Waals surface area (Å²) in [5.41, 5.74) is 0.688. The number of aromatic nitrogens is 1. The Morgan fingerprint density at radius 3 is 2.72 bits per heavy atom. The van der Waals surface area contributed by atoms with Crippen LogP contribution in [0.25, 0.3) is 0 Å². The van der Waals surface area contributed by atoms with Gasteiger partial charge >= 0.3 is 0 Å². The van der Waals surface area contributed by atoms with Gasteiger partial charge in [0.15, 0.2) is 0 Å². The first kappa shape index (κ1) is 12.9. The van der Waals surface area contributed by atoms with E-state index in [9.17, 15) is 5.11 Å². The van der Waals surface area contributed by atoms with Gasteiger partial charge in [-0.25, -0.2) is 4.98 Å². The zero-order valence-corrected chi connectivity index (χ0v) is 11.1. The molecule has 0 bridgehead atoms. The Labute approximate surface area is 111 Å². The standard InChI is InChI=1S/C14H15NO2S/c1-10(16)11-6-5-9-15-14(11)17-12-7-3-4-8-13(12)18-2/h3-10,16H,1-2H3. The van der Waals surface area contributed by atoms with Crippen molar-refractivity contribution in [3.63, 3.8) is 0 Å². The van der Waals surface area contributed by atoms with Gasteiger partial charge in [-0.05, 0) is 37.4 Å². The van der Waals surface area contributed by atoms with E-state index in [4.69, 9.17) is 4.74 Å². The molecule has 1 aromatic heterocycles. The van der Waals surface area contributed by atoms with Gasteiger partial charge in [-0.2, -0.15) is 0 Å².